The second kappa shape index (κ2) is 3.12. The average Bonchev–Trinajstić information content (AvgIpc) is 2.59. The number of rotatable bonds is 0. The van der Waals surface area contributed by atoms with Gasteiger partial charge in [-0.15, -0.1) is 0 Å². The molecule has 0 aromatic rings. The quantitative estimate of drug-likeness (QED) is 0.635. The van der Waals surface area contributed by atoms with Crippen molar-refractivity contribution < 1.29 is 9.53 Å². The van der Waals surface area contributed by atoms with Crippen LogP contribution in [0.3, 0.4) is 0 Å². The Morgan fingerprint density at radius 3 is 2.64 bits per heavy atom. The van der Waals surface area contributed by atoms with Gasteiger partial charge in [0, 0.05) is 13.1 Å². The molecule has 0 spiro atoms. The molecule has 0 aliphatic carbocycles. The highest BCUT2D eigenvalue weighted by atomic mass is 16.6. The van der Waals surface area contributed by atoms with Gasteiger partial charge in [-0.05, 0) is 33.1 Å². The average molecular weight is 198 g/mol. The van der Waals surface area contributed by atoms with Crippen LogP contribution in [0.5, 0.6) is 0 Å². The van der Waals surface area contributed by atoms with E-state index < -0.39 is 0 Å². The van der Waals surface area contributed by atoms with E-state index in [9.17, 15) is 4.79 Å². The third-order valence-corrected chi connectivity index (χ3v) is 2.66. The fourth-order valence-corrected chi connectivity index (χ4v) is 2.09. The summed E-state index contributed by atoms with van der Waals surface area (Å²) in [7, 11) is 0. The Kier molecular flexibility index (Phi) is 2.18. The van der Waals surface area contributed by atoms with Crippen LogP contribution in [0.15, 0.2) is 0 Å². The van der Waals surface area contributed by atoms with Crippen molar-refractivity contribution in [3.63, 3.8) is 0 Å². The van der Waals surface area contributed by atoms with Crippen LogP contribution in [-0.2, 0) is 4.74 Å². The van der Waals surface area contributed by atoms with Crippen LogP contribution < -0.4 is 5.32 Å². The maximum Gasteiger partial charge on any atom is 0.411 e. The van der Waals surface area contributed by atoms with Crippen molar-refractivity contribution in [1.29, 1.82) is 0 Å². The molecule has 2 saturated heterocycles. The molecule has 2 atom stereocenters. The molecular formula is C10H18N2O2. The number of nitrogens with zero attached hydrogens (tertiary/aromatic N) is 1. The number of fused-ring (bicyclic) bond motifs is 2. The molecule has 2 aliphatic rings. The number of nitrogens with one attached hydrogen (secondary N) is 1. The van der Waals surface area contributed by atoms with Gasteiger partial charge in [-0.1, -0.05) is 0 Å². The molecule has 14 heavy (non-hydrogen) atoms. The monoisotopic (exact) mass is 198 g/mol. The zero-order valence-corrected chi connectivity index (χ0v) is 9.04. The highest BCUT2D eigenvalue weighted by molar-refractivity contribution is 5.69. The van der Waals surface area contributed by atoms with Crippen LogP contribution in [0.4, 0.5) is 4.79 Å². The summed E-state index contributed by atoms with van der Waals surface area (Å²) in [5, 5.41) is 3.30. The van der Waals surface area contributed by atoms with Gasteiger partial charge in [0.05, 0.1) is 6.17 Å². The van der Waals surface area contributed by atoms with Crippen molar-refractivity contribution in [2.24, 2.45) is 5.92 Å². The predicted octanol–water partition coefficient (Wildman–Crippen LogP) is 1.17. The van der Waals surface area contributed by atoms with Gasteiger partial charge in [0.15, 0.2) is 0 Å². The standard InChI is InChI=1S/C10H18N2O2/c1-10(2,3)14-9(13)12-6-7-4-8(12)11-5-7/h7-8,11H,4-6H2,1-3H3/t7-,8+/m0/s1. The Balaban J connectivity index is 1.93. The fourth-order valence-electron chi connectivity index (χ4n) is 2.09. The lowest BCUT2D eigenvalue weighted by atomic mass is 10.2. The number of carbonyl (C=O) groups is 1. The molecule has 80 valence electrons. The molecule has 2 aliphatic heterocycles. The van der Waals surface area contributed by atoms with E-state index in [2.05, 4.69) is 5.32 Å². The lowest BCUT2D eigenvalue weighted by molar-refractivity contribution is 0.0172. The predicted molar refractivity (Wildman–Crippen MR) is 52.8 cm³/mol. The Labute approximate surface area is 84.6 Å². The van der Waals surface area contributed by atoms with Crippen LogP contribution in [0, 0.1) is 5.92 Å². The van der Waals surface area contributed by atoms with Gasteiger partial charge in [-0.25, -0.2) is 4.79 Å². The third-order valence-electron chi connectivity index (χ3n) is 2.66. The molecule has 2 bridgehead atoms. The Bertz CT molecular complexity index is 247. The van der Waals surface area contributed by atoms with Crippen molar-refractivity contribution in [2.45, 2.75) is 39.0 Å². The zero-order chi connectivity index (χ0) is 10.3. The summed E-state index contributed by atoms with van der Waals surface area (Å²) < 4.78 is 5.32. The normalized spacial score (nSPS) is 30.9. The largest absolute Gasteiger partial charge is 0.444 e. The molecule has 2 rings (SSSR count). The van der Waals surface area contributed by atoms with Crippen molar-refractivity contribution in [3.8, 4) is 0 Å². The summed E-state index contributed by atoms with van der Waals surface area (Å²) in [4.78, 5) is 13.5. The van der Waals surface area contributed by atoms with E-state index in [1.165, 1.54) is 0 Å². The first kappa shape index (κ1) is 9.77. The van der Waals surface area contributed by atoms with Crippen molar-refractivity contribution in [3.05, 3.63) is 0 Å². The maximum atomic E-state index is 11.7. The summed E-state index contributed by atoms with van der Waals surface area (Å²) in [6.07, 6.45) is 1.12. The first-order valence-corrected chi connectivity index (χ1v) is 5.19. The first-order chi connectivity index (χ1) is 6.46. The summed E-state index contributed by atoms with van der Waals surface area (Å²) in [5.74, 6) is 0.632. The summed E-state index contributed by atoms with van der Waals surface area (Å²) in [6, 6.07) is 0. The van der Waals surface area contributed by atoms with E-state index in [1.807, 2.05) is 20.8 Å². The van der Waals surface area contributed by atoms with E-state index in [1.54, 1.807) is 4.90 Å². The van der Waals surface area contributed by atoms with Gasteiger partial charge in [0.2, 0.25) is 0 Å². The number of hydrogen-bond acceptors (Lipinski definition) is 3. The van der Waals surface area contributed by atoms with Gasteiger partial charge in [0.1, 0.15) is 5.60 Å². The zero-order valence-electron chi connectivity index (χ0n) is 9.04. The first-order valence-electron chi connectivity index (χ1n) is 5.19. The highest BCUT2D eigenvalue weighted by Crippen LogP contribution is 2.28. The maximum absolute atomic E-state index is 11.7. The van der Waals surface area contributed by atoms with E-state index >= 15 is 0 Å². The minimum absolute atomic E-state index is 0.183. The van der Waals surface area contributed by atoms with E-state index in [-0.39, 0.29) is 17.9 Å². The molecule has 2 heterocycles. The molecule has 2 fully saturated rings. The van der Waals surface area contributed by atoms with Crippen LogP contribution in [0.2, 0.25) is 0 Å². The second-order valence-electron chi connectivity index (χ2n) is 5.16. The Morgan fingerprint density at radius 1 is 1.50 bits per heavy atom. The number of hydrogen-bond donors (Lipinski definition) is 1. The fraction of sp³-hybridized carbons (Fsp3) is 0.900. The van der Waals surface area contributed by atoms with Gasteiger partial charge < -0.3 is 4.74 Å². The molecule has 4 heteroatoms. The molecule has 0 unspecified atom stereocenters. The molecule has 0 radical (unpaired) electrons. The third kappa shape index (κ3) is 1.85. The number of carbonyl (C=O) groups excluding carboxylic acids is 1. The Morgan fingerprint density at radius 2 is 2.21 bits per heavy atom. The van der Waals surface area contributed by atoms with Crippen LogP contribution in [0.1, 0.15) is 27.2 Å². The topological polar surface area (TPSA) is 41.6 Å². The number of likely N-dealkylation sites (tertiary alicyclic amines) is 1. The second-order valence-corrected chi connectivity index (χ2v) is 5.16. The van der Waals surface area contributed by atoms with Gasteiger partial charge in [-0.3, -0.25) is 10.2 Å². The van der Waals surface area contributed by atoms with Gasteiger partial charge in [-0.2, -0.15) is 0 Å². The smallest absolute Gasteiger partial charge is 0.411 e. The van der Waals surface area contributed by atoms with Crippen molar-refractivity contribution in [2.75, 3.05) is 13.1 Å². The lowest BCUT2D eigenvalue weighted by Crippen LogP contribution is -2.48. The minimum atomic E-state index is -0.390. The van der Waals surface area contributed by atoms with Crippen molar-refractivity contribution in [1.82, 2.24) is 10.2 Å². The summed E-state index contributed by atoms with van der Waals surface area (Å²) in [5.41, 5.74) is -0.390. The van der Waals surface area contributed by atoms with E-state index in [0.29, 0.717) is 5.92 Å². The van der Waals surface area contributed by atoms with E-state index in [4.69, 9.17) is 4.74 Å². The highest BCUT2D eigenvalue weighted by Gasteiger charge is 2.41. The summed E-state index contributed by atoms with van der Waals surface area (Å²) in [6.45, 7) is 7.59. The molecule has 1 amide bonds. The molecule has 1 N–H and O–H groups in total. The molecular weight excluding hydrogens is 180 g/mol. The van der Waals surface area contributed by atoms with Gasteiger partial charge in [0.25, 0.3) is 0 Å². The molecule has 0 aromatic carbocycles. The van der Waals surface area contributed by atoms with Crippen LogP contribution in [0.25, 0.3) is 0 Å². The molecule has 4 nitrogen and oxygen atoms in total. The number of ether oxygens (including phenoxy) is 1. The Hall–Kier alpha value is -0.770. The van der Waals surface area contributed by atoms with Crippen LogP contribution in [-0.4, -0.2) is 35.8 Å². The molecule has 0 saturated carbocycles. The molecule has 0 aromatic heterocycles. The SMILES string of the molecule is CC(C)(C)OC(=O)N1C[C@@H]2CN[C@H]1C2. The summed E-state index contributed by atoms with van der Waals surface area (Å²) >= 11 is 0. The van der Waals surface area contributed by atoms with Crippen molar-refractivity contribution >= 4 is 6.09 Å². The minimum Gasteiger partial charge on any atom is -0.444 e. The van der Waals surface area contributed by atoms with Gasteiger partial charge >= 0.3 is 6.09 Å². The van der Waals surface area contributed by atoms with E-state index in [0.717, 1.165) is 19.5 Å². The lowest BCUT2D eigenvalue weighted by Gasteiger charge is -2.30. The number of amides is 1. The van der Waals surface area contributed by atoms with Crippen LogP contribution >= 0.6 is 0 Å².